The van der Waals surface area contributed by atoms with Crippen LogP contribution in [0, 0.1) is 10.5 Å². The molecule has 6 heteroatoms. The van der Waals surface area contributed by atoms with Gasteiger partial charge < -0.3 is 5.32 Å². The number of anilines is 1. The zero-order valence-electron chi connectivity index (χ0n) is 9.32. The van der Waals surface area contributed by atoms with Crippen molar-refractivity contribution in [3.63, 3.8) is 0 Å². The monoisotopic (exact) mass is 329 g/mol. The summed E-state index contributed by atoms with van der Waals surface area (Å²) in [7, 11) is 3.73. The molecule has 1 N–H and O–H groups in total. The van der Waals surface area contributed by atoms with Crippen molar-refractivity contribution in [2.45, 2.75) is 6.92 Å². The van der Waals surface area contributed by atoms with Crippen LogP contribution in [0.4, 0.5) is 5.82 Å². The molecule has 0 amide bonds. The lowest BCUT2D eigenvalue weighted by molar-refractivity contribution is 0.768. The Kier molecular flexibility index (Phi) is 3.08. The third kappa shape index (κ3) is 2.01. The maximum absolute atomic E-state index is 4.43. The average Bonchev–Trinajstić information content (AvgIpc) is 2.69. The standard InChI is InChI=1S/C10H12IN5/c1-6-8(11)10(12-2)14-9(13-6)7-4-5-16(3)15-7/h4-5H,1-3H3,(H,12,13,14). The third-order valence-electron chi connectivity index (χ3n) is 2.20. The summed E-state index contributed by atoms with van der Waals surface area (Å²) < 4.78 is 2.78. The van der Waals surface area contributed by atoms with E-state index in [2.05, 4.69) is 43.0 Å². The molecular formula is C10H12IN5. The molecule has 0 aliphatic carbocycles. The summed E-state index contributed by atoms with van der Waals surface area (Å²) >= 11 is 2.23. The Morgan fingerprint density at radius 2 is 2.12 bits per heavy atom. The molecule has 0 radical (unpaired) electrons. The highest BCUT2D eigenvalue weighted by Crippen LogP contribution is 2.21. The van der Waals surface area contributed by atoms with Crippen LogP contribution in [-0.2, 0) is 7.05 Å². The average molecular weight is 329 g/mol. The molecule has 2 rings (SSSR count). The lowest BCUT2D eigenvalue weighted by Gasteiger charge is -2.06. The van der Waals surface area contributed by atoms with Gasteiger partial charge >= 0.3 is 0 Å². The second-order valence-electron chi connectivity index (χ2n) is 3.42. The number of nitrogens with zero attached hydrogens (tertiary/aromatic N) is 4. The van der Waals surface area contributed by atoms with Crippen molar-refractivity contribution in [1.29, 1.82) is 0 Å². The van der Waals surface area contributed by atoms with Gasteiger partial charge in [0.15, 0.2) is 5.82 Å². The van der Waals surface area contributed by atoms with Gasteiger partial charge in [0.2, 0.25) is 0 Å². The van der Waals surface area contributed by atoms with Crippen LogP contribution >= 0.6 is 22.6 Å². The summed E-state index contributed by atoms with van der Waals surface area (Å²) in [5.41, 5.74) is 1.75. The highest BCUT2D eigenvalue weighted by molar-refractivity contribution is 14.1. The summed E-state index contributed by atoms with van der Waals surface area (Å²) in [5, 5.41) is 7.35. The number of nitrogens with one attached hydrogen (secondary N) is 1. The van der Waals surface area contributed by atoms with Gasteiger partial charge in [-0.2, -0.15) is 5.10 Å². The number of rotatable bonds is 2. The van der Waals surface area contributed by atoms with Gasteiger partial charge in [-0.1, -0.05) is 0 Å². The number of hydrogen-bond donors (Lipinski definition) is 1. The molecule has 0 fully saturated rings. The predicted octanol–water partition coefficient (Wildman–Crippen LogP) is 1.83. The van der Waals surface area contributed by atoms with E-state index < -0.39 is 0 Å². The van der Waals surface area contributed by atoms with E-state index in [1.54, 1.807) is 4.68 Å². The van der Waals surface area contributed by atoms with Crippen LogP contribution in [0.1, 0.15) is 5.69 Å². The van der Waals surface area contributed by atoms with Crippen molar-refractivity contribution >= 4 is 28.4 Å². The molecule has 16 heavy (non-hydrogen) atoms. The summed E-state index contributed by atoms with van der Waals surface area (Å²) in [5.74, 6) is 1.50. The second kappa shape index (κ2) is 4.36. The van der Waals surface area contributed by atoms with E-state index in [9.17, 15) is 0 Å². The Morgan fingerprint density at radius 1 is 1.38 bits per heavy atom. The first-order valence-electron chi connectivity index (χ1n) is 4.83. The van der Waals surface area contributed by atoms with Gasteiger partial charge in [0.1, 0.15) is 11.5 Å². The molecule has 84 valence electrons. The van der Waals surface area contributed by atoms with Gasteiger partial charge in [0.25, 0.3) is 0 Å². The van der Waals surface area contributed by atoms with Crippen LogP contribution < -0.4 is 5.32 Å². The first kappa shape index (κ1) is 11.3. The van der Waals surface area contributed by atoms with E-state index in [1.807, 2.05) is 33.3 Å². The van der Waals surface area contributed by atoms with E-state index in [0.29, 0.717) is 5.82 Å². The molecule has 0 saturated carbocycles. The number of aryl methyl sites for hydroxylation is 2. The molecule has 0 unspecified atom stereocenters. The van der Waals surface area contributed by atoms with Crippen molar-refractivity contribution < 1.29 is 0 Å². The molecule has 2 aromatic heterocycles. The molecule has 5 nitrogen and oxygen atoms in total. The van der Waals surface area contributed by atoms with Crippen LogP contribution in [0.15, 0.2) is 12.3 Å². The molecule has 0 aliphatic rings. The molecule has 0 aromatic carbocycles. The molecule has 0 atom stereocenters. The van der Waals surface area contributed by atoms with Crippen molar-refractivity contribution in [3.05, 3.63) is 21.5 Å². The Labute approximate surface area is 107 Å². The highest BCUT2D eigenvalue weighted by atomic mass is 127. The maximum Gasteiger partial charge on any atom is 0.182 e. The zero-order valence-corrected chi connectivity index (χ0v) is 11.5. The fourth-order valence-electron chi connectivity index (χ4n) is 1.37. The van der Waals surface area contributed by atoms with Crippen LogP contribution in [0.3, 0.4) is 0 Å². The van der Waals surface area contributed by atoms with Crippen LogP contribution in [-0.4, -0.2) is 26.8 Å². The quantitative estimate of drug-likeness (QED) is 0.854. The van der Waals surface area contributed by atoms with Crippen molar-refractivity contribution in [1.82, 2.24) is 19.7 Å². The van der Waals surface area contributed by atoms with Crippen LogP contribution in [0.2, 0.25) is 0 Å². The number of halogens is 1. The molecule has 0 spiro atoms. The van der Waals surface area contributed by atoms with E-state index >= 15 is 0 Å². The maximum atomic E-state index is 4.43. The summed E-state index contributed by atoms with van der Waals surface area (Å²) in [4.78, 5) is 8.86. The lowest BCUT2D eigenvalue weighted by Crippen LogP contribution is -2.03. The Hall–Kier alpha value is -1.18. The van der Waals surface area contributed by atoms with Crippen LogP contribution in [0.5, 0.6) is 0 Å². The second-order valence-corrected chi connectivity index (χ2v) is 4.50. The smallest absolute Gasteiger partial charge is 0.182 e. The van der Waals surface area contributed by atoms with Crippen molar-refractivity contribution in [2.24, 2.45) is 7.05 Å². The number of hydrogen-bond acceptors (Lipinski definition) is 4. The van der Waals surface area contributed by atoms with Crippen molar-refractivity contribution in [3.8, 4) is 11.5 Å². The minimum Gasteiger partial charge on any atom is -0.372 e. The first-order chi connectivity index (χ1) is 7.61. The van der Waals surface area contributed by atoms with Crippen molar-refractivity contribution in [2.75, 3.05) is 12.4 Å². The zero-order chi connectivity index (χ0) is 11.7. The molecule has 0 bridgehead atoms. The topological polar surface area (TPSA) is 55.6 Å². The summed E-state index contributed by atoms with van der Waals surface area (Å²) in [6, 6.07) is 1.90. The molecule has 0 saturated heterocycles. The fraction of sp³-hybridized carbons (Fsp3) is 0.300. The fourth-order valence-corrected chi connectivity index (χ4v) is 1.88. The van der Waals surface area contributed by atoms with Crippen LogP contribution in [0.25, 0.3) is 11.5 Å². The largest absolute Gasteiger partial charge is 0.372 e. The van der Waals surface area contributed by atoms with Gasteiger partial charge in [-0.25, -0.2) is 9.97 Å². The van der Waals surface area contributed by atoms with Gasteiger partial charge in [-0.15, -0.1) is 0 Å². The van der Waals surface area contributed by atoms with Gasteiger partial charge in [-0.3, -0.25) is 4.68 Å². The van der Waals surface area contributed by atoms with Gasteiger partial charge in [0, 0.05) is 20.3 Å². The minimum atomic E-state index is 0.655. The SMILES string of the molecule is CNc1nc(-c2ccn(C)n2)nc(C)c1I. The Bertz CT molecular complexity index is 520. The highest BCUT2D eigenvalue weighted by Gasteiger charge is 2.11. The van der Waals surface area contributed by atoms with Gasteiger partial charge in [-0.05, 0) is 35.6 Å². The summed E-state index contributed by atoms with van der Waals surface area (Å²) in [6.45, 7) is 1.97. The predicted molar refractivity (Wildman–Crippen MR) is 71.2 cm³/mol. The van der Waals surface area contributed by atoms with Gasteiger partial charge in [0.05, 0.1) is 9.26 Å². The van der Waals surface area contributed by atoms with E-state index in [-0.39, 0.29) is 0 Å². The number of aromatic nitrogens is 4. The molecule has 2 aromatic rings. The Balaban J connectivity index is 2.54. The third-order valence-corrected chi connectivity index (χ3v) is 3.49. The molecule has 0 aliphatic heterocycles. The lowest BCUT2D eigenvalue weighted by atomic mass is 10.3. The van der Waals surface area contributed by atoms with E-state index in [0.717, 1.165) is 20.8 Å². The Morgan fingerprint density at radius 3 is 2.69 bits per heavy atom. The molecular weight excluding hydrogens is 317 g/mol. The van der Waals surface area contributed by atoms with E-state index in [1.165, 1.54) is 0 Å². The summed E-state index contributed by atoms with van der Waals surface area (Å²) in [6.07, 6.45) is 1.88. The van der Waals surface area contributed by atoms with E-state index in [4.69, 9.17) is 0 Å². The minimum absolute atomic E-state index is 0.655. The molecule has 2 heterocycles. The first-order valence-corrected chi connectivity index (χ1v) is 5.91. The normalized spacial score (nSPS) is 10.5.